The Morgan fingerprint density at radius 2 is 0.700 bits per heavy atom. The molecule has 0 saturated heterocycles. The van der Waals surface area contributed by atoms with E-state index in [1.54, 1.807) is 0 Å². The molecule has 500 valence electrons. The summed E-state index contributed by atoms with van der Waals surface area (Å²) in [6, 6.07) is 81.9. The highest BCUT2D eigenvalue weighted by atomic mass is 32.1. The largest absolute Gasteiger partial charge is 0.311 e. The van der Waals surface area contributed by atoms with Gasteiger partial charge >= 0.3 is 0 Å². The zero-order valence-corrected chi connectivity index (χ0v) is 63.2. The van der Waals surface area contributed by atoms with Gasteiger partial charge in [-0.1, -0.05) is 236 Å². The molecule has 4 aliphatic heterocycles. The molecule has 0 spiro atoms. The lowest BCUT2D eigenvalue weighted by molar-refractivity contribution is 0.589. The Bertz CT molecular complexity index is 5400. The Morgan fingerprint density at radius 1 is 0.300 bits per heavy atom. The minimum Gasteiger partial charge on any atom is -0.311 e. The van der Waals surface area contributed by atoms with Crippen LogP contribution in [0, 0.1) is 0 Å². The SMILES string of the molecule is CC(C)(C)c1ccc(N2c3ccccc3B3c4cc5cc6c(cc5cc4N(c4ccc(C(C)(C)C)cc4)c4cc(C(C)(C)C)cc2c43)N2c3sc4cc5c(cc4c3N(c3ccc(C(C)(C)C)cc3)c3cc(C(C)(C)C)cc(c32)N6c2ccc(C(C)(C)C)cc2)-c2ccccc2C5(C)C)cc1. The number of para-hydroxylation sites is 1. The molecule has 5 heterocycles. The average Bonchev–Trinajstić information content (AvgIpc) is 1.19. The van der Waals surface area contributed by atoms with E-state index in [1.165, 1.54) is 143 Å². The summed E-state index contributed by atoms with van der Waals surface area (Å²) in [5.74, 6) is 0. The van der Waals surface area contributed by atoms with Crippen LogP contribution in [0.2, 0.25) is 0 Å². The number of benzene rings is 11. The second kappa shape index (κ2) is 21.4. The minimum absolute atomic E-state index is 0.0147. The summed E-state index contributed by atoms with van der Waals surface area (Å²) >= 11 is 1.95. The van der Waals surface area contributed by atoms with Gasteiger partial charge in [0, 0.05) is 61.0 Å². The molecule has 100 heavy (non-hydrogen) atoms. The fraction of sp³-hybridized carbons (Fsp3) is 0.290. The maximum atomic E-state index is 2.70. The molecule has 7 heteroatoms. The fourth-order valence-electron chi connectivity index (χ4n) is 16.9. The topological polar surface area (TPSA) is 16.2 Å². The number of hydrogen-bond donors (Lipinski definition) is 0. The fourth-order valence-corrected chi connectivity index (χ4v) is 18.1. The lowest BCUT2D eigenvalue weighted by Gasteiger charge is -2.47. The molecule has 1 aromatic heterocycles. The van der Waals surface area contributed by atoms with Crippen molar-refractivity contribution in [1.82, 2.24) is 0 Å². The number of rotatable bonds is 4. The van der Waals surface area contributed by atoms with E-state index >= 15 is 0 Å². The van der Waals surface area contributed by atoms with Gasteiger partial charge < -0.3 is 19.6 Å². The summed E-state index contributed by atoms with van der Waals surface area (Å²) in [5.41, 5.74) is 33.1. The van der Waals surface area contributed by atoms with Crippen LogP contribution in [0.4, 0.5) is 84.6 Å². The van der Waals surface area contributed by atoms with Gasteiger partial charge in [-0.2, -0.15) is 0 Å². The van der Waals surface area contributed by atoms with Crippen LogP contribution in [-0.2, 0) is 37.9 Å². The van der Waals surface area contributed by atoms with Gasteiger partial charge in [0.2, 0.25) is 0 Å². The van der Waals surface area contributed by atoms with Gasteiger partial charge in [-0.25, -0.2) is 0 Å². The second-order valence-electron chi connectivity index (χ2n) is 36.1. The lowest BCUT2D eigenvalue weighted by Crippen LogP contribution is -2.61. The Hall–Kier alpha value is -9.30. The van der Waals surface area contributed by atoms with Crippen LogP contribution >= 0.6 is 11.3 Å². The van der Waals surface area contributed by atoms with E-state index in [0.717, 1.165) is 34.1 Å². The van der Waals surface area contributed by atoms with Gasteiger partial charge in [0.1, 0.15) is 5.00 Å². The van der Waals surface area contributed by atoms with Crippen LogP contribution in [0.25, 0.3) is 32.0 Å². The summed E-state index contributed by atoms with van der Waals surface area (Å²) < 4.78 is 1.29. The van der Waals surface area contributed by atoms with Crippen LogP contribution in [0.15, 0.2) is 206 Å². The molecule has 17 rings (SSSR count). The van der Waals surface area contributed by atoms with Crippen molar-refractivity contribution >= 4 is 140 Å². The number of hydrogen-bond acceptors (Lipinski definition) is 6. The first-order valence-corrected chi connectivity index (χ1v) is 37.2. The predicted octanol–water partition coefficient (Wildman–Crippen LogP) is 25.3. The Morgan fingerprint density at radius 3 is 1.20 bits per heavy atom. The zero-order chi connectivity index (χ0) is 70.2. The van der Waals surface area contributed by atoms with Crippen molar-refractivity contribution in [2.75, 3.05) is 24.5 Å². The molecule has 0 atom stereocenters. The highest BCUT2D eigenvalue weighted by molar-refractivity contribution is 7.24. The molecule has 12 aromatic rings. The molecule has 5 aliphatic rings. The predicted molar refractivity (Wildman–Crippen MR) is 434 cm³/mol. The molecule has 11 aromatic carbocycles. The van der Waals surface area contributed by atoms with Gasteiger partial charge in [-0.3, -0.25) is 4.90 Å². The first-order valence-electron chi connectivity index (χ1n) is 36.3. The standard InChI is InChI=1S/C93H94BN5S/c1-87(2,3)57-29-37-63(38-30-57)95-74-28-24-23-27-72(74)94-73-45-55-47-76-77(48-56(55)46-75(73)96(64-39-31-58(32-40-64)88(4,5)6)79-50-61(91(13,14)15)49-78(95)83(79)94)99-85-80(97(76)65-41-33-59(34-42-65)89(7,8)9)51-62(92(16,17)18)52-81(85)98(66-43-35-60(36-44-66)90(10,11)12)84-69-53-68-67-25-21-22-26-70(67)93(19,20)71(68)54-82(69)100-86(84)99/h21-54H,1-20H3. The number of thiophene rings is 1. The van der Waals surface area contributed by atoms with Crippen LogP contribution < -0.4 is 40.9 Å². The van der Waals surface area contributed by atoms with Gasteiger partial charge in [0.15, 0.2) is 0 Å². The van der Waals surface area contributed by atoms with Crippen molar-refractivity contribution in [1.29, 1.82) is 0 Å². The highest BCUT2D eigenvalue weighted by Crippen LogP contribution is 2.68. The summed E-state index contributed by atoms with van der Waals surface area (Å²) in [6.07, 6.45) is 0. The third kappa shape index (κ3) is 9.74. The van der Waals surface area contributed by atoms with Crippen molar-refractivity contribution in [3.63, 3.8) is 0 Å². The summed E-state index contributed by atoms with van der Waals surface area (Å²) in [6.45, 7) is 46.9. The second-order valence-corrected chi connectivity index (χ2v) is 37.1. The monoisotopic (exact) mass is 1320 g/mol. The lowest BCUT2D eigenvalue weighted by atomic mass is 9.33. The van der Waals surface area contributed by atoms with E-state index in [2.05, 4.69) is 369 Å². The normalized spacial score (nSPS) is 15.2. The quantitative estimate of drug-likeness (QED) is 0.163. The molecule has 0 amide bonds. The Labute approximate surface area is 598 Å². The van der Waals surface area contributed by atoms with E-state index in [-0.39, 0.29) is 44.6 Å². The maximum Gasteiger partial charge on any atom is 0.252 e. The van der Waals surface area contributed by atoms with E-state index in [0.29, 0.717) is 0 Å². The molecule has 0 N–H and O–H groups in total. The van der Waals surface area contributed by atoms with E-state index in [9.17, 15) is 0 Å². The van der Waals surface area contributed by atoms with Gasteiger partial charge in [-0.15, -0.1) is 11.3 Å². The van der Waals surface area contributed by atoms with Crippen LogP contribution in [0.3, 0.4) is 0 Å². The molecular weight excluding hydrogens is 1230 g/mol. The Kier molecular flexibility index (Phi) is 13.7. The van der Waals surface area contributed by atoms with Crippen molar-refractivity contribution < 1.29 is 0 Å². The van der Waals surface area contributed by atoms with E-state index in [1.807, 2.05) is 11.3 Å². The first kappa shape index (κ1) is 64.1. The number of anilines is 15. The van der Waals surface area contributed by atoms with Crippen LogP contribution in [-0.4, -0.2) is 6.71 Å². The number of fused-ring (bicyclic) bond motifs is 14. The molecular formula is C93H94BN5S. The van der Waals surface area contributed by atoms with Crippen molar-refractivity contribution in [2.45, 2.75) is 176 Å². The van der Waals surface area contributed by atoms with Gasteiger partial charge in [0.25, 0.3) is 6.71 Å². The molecule has 0 fully saturated rings. The van der Waals surface area contributed by atoms with Crippen molar-refractivity contribution in [2.24, 2.45) is 0 Å². The van der Waals surface area contributed by atoms with Crippen LogP contribution in [0.1, 0.15) is 183 Å². The van der Waals surface area contributed by atoms with Crippen LogP contribution in [0.5, 0.6) is 0 Å². The molecule has 1 aliphatic carbocycles. The average molecular weight is 1320 g/mol. The Balaban J connectivity index is 0.979. The third-order valence-electron chi connectivity index (χ3n) is 22.8. The summed E-state index contributed by atoms with van der Waals surface area (Å²) in [4.78, 5) is 13.2. The number of nitrogens with zero attached hydrogens (tertiary/aromatic N) is 5. The molecule has 0 bridgehead atoms. The molecule has 0 saturated carbocycles. The zero-order valence-electron chi connectivity index (χ0n) is 62.4. The highest BCUT2D eigenvalue weighted by Gasteiger charge is 2.48. The summed E-state index contributed by atoms with van der Waals surface area (Å²) in [7, 11) is 0. The minimum atomic E-state index is -0.209. The smallest absolute Gasteiger partial charge is 0.252 e. The molecule has 0 radical (unpaired) electrons. The van der Waals surface area contributed by atoms with E-state index < -0.39 is 0 Å². The van der Waals surface area contributed by atoms with Crippen molar-refractivity contribution in [3.05, 3.63) is 251 Å². The van der Waals surface area contributed by atoms with Crippen molar-refractivity contribution in [3.8, 4) is 11.1 Å². The molecule has 5 nitrogen and oxygen atoms in total. The summed E-state index contributed by atoms with van der Waals surface area (Å²) in [5, 5.41) is 4.88. The molecule has 0 unspecified atom stereocenters. The third-order valence-corrected chi connectivity index (χ3v) is 23.9. The van der Waals surface area contributed by atoms with Gasteiger partial charge in [-0.05, 0) is 224 Å². The van der Waals surface area contributed by atoms with Gasteiger partial charge in [0.05, 0.1) is 34.1 Å². The van der Waals surface area contributed by atoms with E-state index in [4.69, 9.17) is 0 Å². The maximum absolute atomic E-state index is 2.70. The first-order chi connectivity index (χ1) is 47.1.